The van der Waals surface area contributed by atoms with Gasteiger partial charge in [0, 0.05) is 12.5 Å². The standard InChI is InChI=1S/C10H6Cl2O/c1-7(13)2-3-8-4-5-9(11)10(12)6-8/h4-6H,1H3. The molecular formula is C10H6Cl2O. The molecule has 0 fully saturated rings. The van der Waals surface area contributed by atoms with Gasteiger partial charge >= 0.3 is 0 Å². The van der Waals surface area contributed by atoms with Gasteiger partial charge in [-0.3, -0.25) is 4.79 Å². The van der Waals surface area contributed by atoms with E-state index in [1.807, 2.05) is 0 Å². The number of benzene rings is 1. The second-order valence-electron chi connectivity index (χ2n) is 2.44. The third kappa shape index (κ3) is 3.10. The fourth-order valence-corrected chi connectivity index (χ4v) is 1.03. The molecule has 0 heterocycles. The average Bonchev–Trinajstić information content (AvgIpc) is 2.07. The second-order valence-corrected chi connectivity index (χ2v) is 3.25. The summed E-state index contributed by atoms with van der Waals surface area (Å²) >= 11 is 11.4. The van der Waals surface area contributed by atoms with Gasteiger partial charge in [0.05, 0.1) is 10.0 Å². The number of hydrogen-bond acceptors (Lipinski definition) is 1. The number of hydrogen-bond donors (Lipinski definition) is 0. The molecule has 1 aromatic carbocycles. The Morgan fingerprint density at radius 1 is 1.31 bits per heavy atom. The molecule has 0 saturated carbocycles. The Morgan fingerprint density at radius 3 is 2.54 bits per heavy atom. The van der Waals surface area contributed by atoms with Crippen LogP contribution in [0.4, 0.5) is 0 Å². The van der Waals surface area contributed by atoms with Crippen molar-refractivity contribution >= 4 is 29.0 Å². The zero-order chi connectivity index (χ0) is 9.84. The number of ketones is 1. The molecule has 13 heavy (non-hydrogen) atoms. The minimum atomic E-state index is -0.175. The summed E-state index contributed by atoms with van der Waals surface area (Å²) in [6, 6.07) is 4.98. The Kier molecular flexibility index (Phi) is 3.36. The number of carbonyl (C=O) groups excluding carboxylic acids is 1. The Labute approximate surface area is 86.7 Å². The quantitative estimate of drug-likeness (QED) is 0.605. The third-order valence-corrected chi connectivity index (χ3v) is 2.04. The molecule has 1 nitrogen and oxygen atoms in total. The molecular weight excluding hydrogens is 207 g/mol. The van der Waals surface area contributed by atoms with Crippen molar-refractivity contribution in [1.29, 1.82) is 0 Å². The Balaban J connectivity index is 3.00. The van der Waals surface area contributed by atoms with E-state index in [4.69, 9.17) is 23.2 Å². The zero-order valence-electron chi connectivity index (χ0n) is 6.90. The van der Waals surface area contributed by atoms with Crippen LogP contribution in [0.15, 0.2) is 18.2 Å². The van der Waals surface area contributed by atoms with Gasteiger partial charge in [0.15, 0.2) is 0 Å². The lowest BCUT2D eigenvalue weighted by Crippen LogP contribution is -1.82. The number of Topliss-reactive ketones (excluding diaryl/α,β-unsaturated/α-hetero) is 1. The normalized spacial score (nSPS) is 8.85. The molecule has 66 valence electrons. The van der Waals surface area contributed by atoms with Crippen molar-refractivity contribution in [2.75, 3.05) is 0 Å². The molecule has 0 N–H and O–H groups in total. The van der Waals surface area contributed by atoms with Gasteiger partial charge in [-0.05, 0) is 24.1 Å². The largest absolute Gasteiger partial charge is 0.285 e. The molecule has 0 aromatic heterocycles. The maximum absolute atomic E-state index is 10.5. The van der Waals surface area contributed by atoms with Gasteiger partial charge in [0.2, 0.25) is 5.78 Å². The maximum Gasteiger partial charge on any atom is 0.202 e. The summed E-state index contributed by atoms with van der Waals surface area (Å²) in [4.78, 5) is 10.5. The van der Waals surface area contributed by atoms with Crippen molar-refractivity contribution in [2.45, 2.75) is 6.92 Å². The topological polar surface area (TPSA) is 17.1 Å². The first-order chi connectivity index (χ1) is 6.09. The summed E-state index contributed by atoms with van der Waals surface area (Å²) in [6.45, 7) is 1.41. The van der Waals surface area contributed by atoms with Crippen molar-refractivity contribution in [3.05, 3.63) is 33.8 Å². The summed E-state index contributed by atoms with van der Waals surface area (Å²) in [5, 5.41) is 0.923. The first-order valence-corrected chi connectivity index (χ1v) is 4.33. The number of carbonyl (C=O) groups is 1. The van der Waals surface area contributed by atoms with Crippen LogP contribution in [0.25, 0.3) is 0 Å². The molecule has 1 rings (SSSR count). The van der Waals surface area contributed by atoms with E-state index in [-0.39, 0.29) is 5.78 Å². The lowest BCUT2D eigenvalue weighted by molar-refractivity contribution is -0.111. The van der Waals surface area contributed by atoms with Crippen molar-refractivity contribution < 1.29 is 4.79 Å². The molecule has 0 amide bonds. The van der Waals surface area contributed by atoms with Crippen LogP contribution < -0.4 is 0 Å². The SMILES string of the molecule is CC(=O)C#Cc1ccc(Cl)c(Cl)c1. The lowest BCUT2D eigenvalue weighted by Gasteiger charge is -1.94. The Morgan fingerprint density at radius 2 is 2.00 bits per heavy atom. The summed E-state index contributed by atoms with van der Waals surface area (Å²) in [5.41, 5.74) is 0.685. The molecule has 0 aliphatic heterocycles. The van der Waals surface area contributed by atoms with Crippen molar-refractivity contribution in [3.63, 3.8) is 0 Å². The van der Waals surface area contributed by atoms with E-state index in [1.165, 1.54) is 6.92 Å². The lowest BCUT2D eigenvalue weighted by atomic mass is 10.2. The Bertz CT molecular complexity index is 399. The van der Waals surface area contributed by atoms with Gasteiger partial charge in [-0.2, -0.15) is 0 Å². The first-order valence-electron chi connectivity index (χ1n) is 3.57. The van der Waals surface area contributed by atoms with Crippen molar-refractivity contribution in [3.8, 4) is 11.8 Å². The van der Waals surface area contributed by atoms with Crippen LogP contribution in [0.5, 0.6) is 0 Å². The van der Waals surface area contributed by atoms with Crippen LogP contribution in [0.2, 0.25) is 10.0 Å². The fourth-order valence-electron chi connectivity index (χ4n) is 0.734. The highest BCUT2D eigenvalue weighted by molar-refractivity contribution is 6.42. The van der Waals surface area contributed by atoms with E-state index in [1.54, 1.807) is 18.2 Å². The van der Waals surface area contributed by atoms with E-state index in [0.29, 0.717) is 15.6 Å². The van der Waals surface area contributed by atoms with Crippen LogP contribution in [-0.2, 0) is 4.79 Å². The van der Waals surface area contributed by atoms with Gasteiger partial charge in [0.1, 0.15) is 0 Å². The van der Waals surface area contributed by atoms with Crippen LogP contribution in [-0.4, -0.2) is 5.78 Å². The predicted octanol–water partition coefficient (Wildman–Crippen LogP) is 2.93. The van der Waals surface area contributed by atoms with E-state index < -0.39 is 0 Å². The van der Waals surface area contributed by atoms with E-state index in [0.717, 1.165) is 0 Å². The summed E-state index contributed by atoms with van der Waals surface area (Å²) in [6.07, 6.45) is 0. The number of rotatable bonds is 0. The van der Waals surface area contributed by atoms with Gasteiger partial charge in [-0.15, -0.1) is 0 Å². The fraction of sp³-hybridized carbons (Fsp3) is 0.100. The summed E-state index contributed by atoms with van der Waals surface area (Å²) in [7, 11) is 0. The van der Waals surface area contributed by atoms with Crippen LogP contribution in [0.1, 0.15) is 12.5 Å². The summed E-state index contributed by atoms with van der Waals surface area (Å²) < 4.78 is 0. The van der Waals surface area contributed by atoms with Crippen LogP contribution in [0.3, 0.4) is 0 Å². The molecule has 0 spiro atoms. The molecule has 0 radical (unpaired) electrons. The molecule has 1 aromatic rings. The van der Waals surface area contributed by atoms with E-state index in [9.17, 15) is 4.79 Å². The van der Waals surface area contributed by atoms with Gasteiger partial charge in [-0.25, -0.2) is 0 Å². The number of halogens is 2. The molecule has 0 saturated heterocycles. The molecule has 0 aliphatic carbocycles. The van der Waals surface area contributed by atoms with Crippen LogP contribution in [0, 0.1) is 11.8 Å². The van der Waals surface area contributed by atoms with Crippen molar-refractivity contribution in [1.82, 2.24) is 0 Å². The van der Waals surface area contributed by atoms with E-state index >= 15 is 0 Å². The molecule has 0 aliphatic rings. The minimum Gasteiger partial charge on any atom is -0.285 e. The molecule has 3 heteroatoms. The maximum atomic E-state index is 10.5. The molecule has 0 unspecified atom stereocenters. The monoisotopic (exact) mass is 212 g/mol. The summed E-state index contributed by atoms with van der Waals surface area (Å²) in [5.74, 6) is 4.91. The highest BCUT2D eigenvalue weighted by atomic mass is 35.5. The first kappa shape index (κ1) is 10.1. The molecule has 0 bridgehead atoms. The third-order valence-electron chi connectivity index (χ3n) is 1.30. The smallest absolute Gasteiger partial charge is 0.202 e. The predicted molar refractivity (Wildman–Crippen MR) is 54.0 cm³/mol. The highest BCUT2D eigenvalue weighted by Crippen LogP contribution is 2.21. The van der Waals surface area contributed by atoms with Gasteiger partial charge in [0.25, 0.3) is 0 Å². The highest BCUT2D eigenvalue weighted by Gasteiger charge is 1.96. The van der Waals surface area contributed by atoms with Crippen LogP contribution >= 0.6 is 23.2 Å². The van der Waals surface area contributed by atoms with Gasteiger partial charge in [-0.1, -0.05) is 29.1 Å². The van der Waals surface area contributed by atoms with E-state index in [2.05, 4.69) is 11.8 Å². The second kappa shape index (κ2) is 4.32. The molecule has 0 atom stereocenters. The van der Waals surface area contributed by atoms with Crippen molar-refractivity contribution in [2.24, 2.45) is 0 Å². The minimum absolute atomic E-state index is 0.175. The average molecular weight is 213 g/mol. The zero-order valence-corrected chi connectivity index (χ0v) is 8.41. The van der Waals surface area contributed by atoms with Gasteiger partial charge < -0.3 is 0 Å². The Hall–Kier alpha value is -0.970.